The molecule has 0 spiro atoms. The molecule has 3 aliphatic heterocycles. The number of methoxy groups -OCH3 is 3. The monoisotopic (exact) mass is 909 g/mol. The van der Waals surface area contributed by atoms with E-state index in [2.05, 4.69) is 36.2 Å². The first-order valence-electron chi connectivity index (χ1n) is 24.2. The van der Waals surface area contributed by atoms with Crippen LogP contribution < -0.4 is 0 Å². The predicted octanol–water partition coefficient (Wildman–Crippen LogP) is 7.08. The van der Waals surface area contributed by atoms with Crippen molar-refractivity contribution >= 4 is 11.8 Å². The van der Waals surface area contributed by atoms with Crippen LogP contribution in [0.25, 0.3) is 11.3 Å². The molecule has 8 rings (SSSR count). The van der Waals surface area contributed by atoms with Crippen LogP contribution in [0.2, 0.25) is 0 Å². The van der Waals surface area contributed by atoms with Crippen molar-refractivity contribution in [2.45, 2.75) is 172 Å². The number of hydrogen-bond acceptors (Lipinski definition) is 13. The van der Waals surface area contributed by atoms with E-state index >= 15 is 9.18 Å². The lowest BCUT2D eigenvalue weighted by Crippen LogP contribution is -2.59. The van der Waals surface area contributed by atoms with Crippen LogP contribution in [-0.4, -0.2) is 141 Å². The number of ether oxygens (including phenoxy) is 8. The molecule has 3 aliphatic carbocycles. The molecule has 2 saturated carbocycles. The number of fused-ring (bicyclic) bond motifs is 5. The van der Waals surface area contributed by atoms with Gasteiger partial charge in [-0.3, -0.25) is 9.59 Å². The lowest BCUT2D eigenvalue weighted by atomic mass is 9.63. The van der Waals surface area contributed by atoms with Gasteiger partial charge in [-0.2, -0.15) is 0 Å². The molecular weight excluding hydrogens is 836 g/mol. The molecule has 0 N–H and O–H groups in total. The smallest absolute Gasteiger partial charge is 0.306 e. The minimum absolute atomic E-state index is 0.0356. The number of hydrogen-bond donors (Lipinski definition) is 0. The highest BCUT2D eigenvalue weighted by atomic mass is 19.1. The summed E-state index contributed by atoms with van der Waals surface area (Å²) < 4.78 is 70.3. The van der Waals surface area contributed by atoms with Crippen molar-refractivity contribution in [2.75, 3.05) is 35.4 Å². The van der Waals surface area contributed by atoms with Gasteiger partial charge in [0.1, 0.15) is 36.3 Å². The van der Waals surface area contributed by atoms with Gasteiger partial charge in [0, 0.05) is 50.7 Å². The molecule has 6 aliphatic rings. The first kappa shape index (κ1) is 48.3. The molecule has 5 fully saturated rings. The highest BCUT2D eigenvalue weighted by Crippen LogP contribution is 2.61. The van der Waals surface area contributed by atoms with Gasteiger partial charge in [0.2, 0.25) is 0 Å². The van der Waals surface area contributed by atoms with Gasteiger partial charge >= 0.3 is 5.97 Å². The summed E-state index contributed by atoms with van der Waals surface area (Å²) in [6.45, 7) is 9.98. The third-order valence-electron chi connectivity index (χ3n) is 15.9. The van der Waals surface area contributed by atoms with Crippen molar-refractivity contribution in [1.82, 2.24) is 19.9 Å². The zero-order valence-corrected chi connectivity index (χ0v) is 40.0. The van der Waals surface area contributed by atoms with Gasteiger partial charge in [-0.1, -0.05) is 48.9 Å². The Morgan fingerprint density at radius 1 is 0.908 bits per heavy atom. The topological polar surface area (TPSA) is 142 Å². The fourth-order valence-corrected chi connectivity index (χ4v) is 12.6. The molecule has 1 aromatic carbocycles. The SMILES string of the molecule is CC[C@H]1CCC[C@H](O[C@H]2CC[C@H](N(C)C)C(C)O2)[C@@H](C)C(=O)C2=C[C@H]3[C@@H]4C[C@H](O[C@@H]5OC(C)[C@H](OC)C(OC)[C@@H]5OC)C[C@H]4C(n4cc(-c5cccc(C)c5)nn4)C(F)[C@H]3[C@@H]2CC(=O)O1. The van der Waals surface area contributed by atoms with Gasteiger partial charge in [-0.15, -0.1) is 5.10 Å². The number of aromatic nitrogens is 3. The molecule has 65 heavy (non-hydrogen) atoms. The standard InChI is InChI=1S/C50H73FN4O10/c1-11-31-16-13-17-40(65-42-19-18-39(54(6)7)28(4)61-42)27(3)46(57)37-23-34-33-21-32(64-50-49(60-10)48(59-9)47(58-8)29(5)62-50)22-36(33)45(44(51)43(34)35(37)24-41(56)63-31)55-25-38(52-53-55)30-15-12-14-26(2)20-30/h12,14-15,20,23,25,27-29,31-36,39-40,42-45,47-50H,11,13,16-19,21-22,24H2,1-10H3/t27-,28?,29?,31+,32+,33+,34+,35-,36-,39+,40+,42+,43-,44?,45?,47+,48?,49+,50+/m1/s1. The molecule has 0 bridgehead atoms. The summed E-state index contributed by atoms with van der Waals surface area (Å²) in [5.74, 6) is -3.19. The fourth-order valence-electron chi connectivity index (χ4n) is 12.6. The van der Waals surface area contributed by atoms with Gasteiger partial charge in [0.25, 0.3) is 0 Å². The van der Waals surface area contributed by atoms with Crippen molar-refractivity contribution in [2.24, 2.45) is 35.5 Å². The highest BCUT2D eigenvalue weighted by molar-refractivity contribution is 5.99. The molecule has 14 nitrogen and oxygen atoms in total. The van der Waals surface area contributed by atoms with Gasteiger partial charge < -0.3 is 42.8 Å². The third-order valence-corrected chi connectivity index (χ3v) is 15.9. The second-order valence-electron chi connectivity index (χ2n) is 20.0. The van der Waals surface area contributed by atoms with E-state index < -0.39 is 66.8 Å². The van der Waals surface area contributed by atoms with Crippen LogP contribution in [0.3, 0.4) is 0 Å². The maximum absolute atomic E-state index is 18.3. The van der Waals surface area contributed by atoms with Crippen molar-refractivity contribution in [3.05, 3.63) is 47.7 Å². The number of aryl methyl sites for hydroxylation is 1. The number of nitrogens with zero attached hydrogens (tertiary/aromatic N) is 4. The van der Waals surface area contributed by atoms with Gasteiger partial charge in [-0.25, -0.2) is 9.07 Å². The van der Waals surface area contributed by atoms with Crippen molar-refractivity contribution < 1.29 is 51.9 Å². The zero-order valence-electron chi connectivity index (χ0n) is 40.0. The molecule has 19 atom stereocenters. The molecular formula is C50H73FN4O10. The van der Waals surface area contributed by atoms with E-state index in [0.717, 1.165) is 30.4 Å². The van der Waals surface area contributed by atoms with Crippen LogP contribution in [-0.2, 0) is 47.5 Å². The first-order valence-corrected chi connectivity index (χ1v) is 24.2. The average Bonchev–Trinajstić information content (AvgIpc) is 4.03. The summed E-state index contributed by atoms with van der Waals surface area (Å²) in [6.07, 6.45) is 3.55. The minimum atomic E-state index is -1.48. The number of benzene rings is 1. The van der Waals surface area contributed by atoms with E-state index in [0.29, 0.717) is 43.4 Å². The zero-order chi connectivity index (χ0) is 46.3. The van der Waals surface area contributed by atoms with E-state index in [1.54, 1.807) is 26.0 Å². The predicted molar refractivity (Wildman–Crippen MR) is 239 cm³/mol. The maximum Gasteiger partial charge on any atom is 0.306 e. The Morgan fingerprint density at radius 2 is 1.66 bits per heavy atom. The number of cyclic esters (lactones) is 1. The minimum Gasteiger partial charge on any atom is -0.462 e. The number of likely N-dealkylation sites (N-methyl/N-ethyl adjacent to an activating group) is 1. The van der Waals surface area contributed by atoms with Crippen molar-refractivity contribution in [3.63, 3.8) is 0 Å². The summed E-state index contributed by atoms with van der Waals surface area (Å²) in [6, 6.07) is 7.54. The highest BCUT2D eigenvalue weighted by Gasteiger charge is 2.61. The Hall–Kier alpha value is -3.15. The number of Topliss-reactive ketones (excluding diaryl/α,β-unsaturated/α-hetero) is 1. The van der Waals surface area contributed by atoms with E-state index in [-0.39, 0.29) is 66.5 Å². The van der Waals surface area contributed by atoms with Crippen LogP contribution in [0.15, 0.2) is 42.1 Å². The van der Waals surface area contributed by atoms with Crippen LogP contribution in [0.5, 0.6) is 0 Å². The molecule has 3 saturated heterocycles. The van der Waals surface area contributed by atoms with Gasteiger partial charge in [-0.05, 0) is 116 Å². The summed E-state index contributed by atoms with van der Waals surface area (Å²) in [4.78, 5) is 31.4. The van der Waals surface area contributed by atoms with Crippen LogP contribution in [0.4, 0.5) is 4.39 Å². The number of ketones is 1. The fraction of sp³-hybridized carbons (Fsp3) is 0.760. The first-order chi connectivity index (χ1) is 31.2. The Balaban J connectivity index is 1.14. The Kier molecular flexibility index (Phi) is 15.3. The largest absolute Gasteiger partial charge is 0.462 e. The number of esters is 1. The number of alkyl halides is 1. The normalized spacial score (nSPS) is 41.5. The lowest BCUT2D eigenvalue weighted by Gasteiger charge is -2.45. The second-order valence-corrected chi connectivity index (χ2v) is 20.0. The third kappa shape index (κ3) is 9.77. The summed E-state index contributed by atoms with van der Waals surface area (Å²) in [5, 5.41) is 9.20. The number of rotatable bonds is 11. The van der Waals surface area contributed by atoms with E-state index in [1.807, 2.05) is 64.2 Å². The van der Waals surface area contributed by atoms with Crippen molar-refractivity contribution in [1.29, 1.82) is 0 Å². The number of halogens is 1. The molecule has 15 heteroatoms. The lowest BCUT2D eigenvalue weighted by molar-refractivity contribution is -0.314. The summed E-state index contributed by atoms with van der Waals surface area (Å²) >= 11 is 0. The Bertz CT molecular complexity index is 1980. The molecule has 2 aromatic rings. The van der Waals surface area contributed by atoms with E-state index in [1.165, 1.54) is 0 Å². The Labute approximate surface area is 384 Å². The van der Waals surface area contributed by atoms with Crippen molar-refractivity contribution in [3.8, 4) is 11.3 Å². The second kappa shape index (κ2) is 20.6. The molecule has 1 aromatic heterocycles. The number of carbonyl (C=O) groups excluding carboxylic acids is 2. The van der Waals surface area contributed by atoms with E-state index in [4.69, 9.17) is 37.9 Å². The van der Waals surface area contributed by atoms with E-state index in [9.17, 15) is 4.79 Å². The molecule has 0 amide bonds. The molecule has 5 unspecified atom stereocenters. The molecule has 360 valence electrons. The van der Waals surface area contributed by atoms with Crippen LogP contribution >= 0.6 is 0 Å². The molecule has 0 radical (unpaired) electrons. The summed E-state index contributed by atoms with van der Waals surface area (Å²) in [7, 11) is 8.99. The number of allylic oxidation sites excluding steroid dienone is 2. The Morgan fingerprint density at radius 3 is 2.35 bits per heavy atom. The van der Waals surface area contributed by atoms with Crippen LogP contribution in [0.1, 0.15) is 97.1 Å². The van der Waals surface area contributed by atoms with Crippen LogP contribution in [0, 0.1) is 42.4 Å². The maximum atomic E-state index is 18.3. The quantitative estimate of drug-likeness (QED) is 0.212. The van der Waals surface area contributed by atoms with Gasteiger partial charge in [0.05, 0.1) is 43.1 Å². The van der Waals surface area contributed by atoms with Gasteiger partial charge in [0.15, 0.2) is 18.4 Å². The molecule has 4 heterocycles. The average molecular weight is 909 g/mol. The number of carbonyl (C=O) groups is 2. The summed E-state index contributed by atoms with van der Waals surface area (Å²) in [5.41, 5.74) is 3.11.